The summed E-state index contributed by atoms with van der Waals surface area (Å²) in [6.45, 7) is -0.0438. The van der Waals surface area contributed by atoms with Crippen LogP contribution in [0.3, 0.4) is 0 Å². The highest BCUT2D eigenvalue weighted by Crippen LogP contribution is 2.29. The normalized spacial score (nSPS) is 11.5. The van der Waals surface area contributed by atoms with Gasteiger partial charge in [0, 0.05) is 0 Å². The van der Waals surface area contributed by atoms with E-state index in [0.29, 0.717) is 5.75 Å². The summed E-state index contributed by atoms with van der Waals surface area (Å²) in [7, 11) is 0. The van der Waals surface area contributed by atoms with Gasteiger partial charge in [-0.15, -0.1) is 20.4 Å². The maximum Gasteiger partial charge on any atom is 0.435 e. The monoisotopic (exact) mass is 372 g/mol. The third kappa shape index (κ3) is 4.66. The average molecular weight is 372 g/mol. The molecule has 0 spiro atoms. The summed E-state index contributed by atoms with van der Waals surface area (Å²) in [5.74, 6) is 0.176. The number of alkyl halides is 3. The van der Waals surface area contributed by atoms with E-state index in [1.807, 2.05) is 0 Å². The van der Waals surface area contributed by atoms with Gasteiger partial charge >= 0.3 is 6.18 Å². The molecule has 11 heteroatoms. The number of benzene rings is 1. The maximum atomic E-state index is 12.8. The Morgan fingerprint density at radius 2 is 1.72 bits per heavy atom. The van der Waals surface area contributed by atoms with E-state index in [2.05, 4.69) is 20.4 Å². The summed E-state index contributed by atoms with van der Waals surface area (Å²) in [4.78, 5) is 0. The maximum absolute atomic E-state index is 12.8. The van der Waals surface area contributed by atoms with Crippen molar-refractivity contribution in [2.24, 2.45) is 0 Å². The summed E-state index contributed by atoms with van der Waals surface area (Å²) in [6.07, 6.45) is -4.55. The van der Waals surface area contributed by atoms with Crippen LogP contribution in [-0.4, -0.2) is 20.4 Å². The number of aromatic nitrogens is 4. The molecular weight excluding hydrogens is 364 g/mol. The summed E-state index contributed by atoms with van der Waals surface area (Å²) in [6, 6.07) is 7.34. The van der Waals surface area contributed by atoms with Crippen LogP contribution in [0.1, 0.15) is 11.6 Å². The van der Waals surface area contributed by atoms with E-state index in [9.17, 15) is 17.6 Å². The van der Waals surface area contributed by atoms with Crippen molar-refractivity contribution in [3.63, 3.8) is 0 Å². The molecule has 0 atom stereocenters. The molecule has 130 valence electrons. The first-order valence-corrected chi connectivity index (χ1v) is 7.51. The van der Waals surface area contributed by atoms with Crippen molar-refractivity contribution < 1.29 is 26.7 Å². The molecule has 0 fully saturated rings. The highest BCUT2D eigenvalue weighted by Gasteiger charge is 2.32. The van der Waals surface area contributed by atoms with E-state index in [1.165, 1.54) is 24.3 Å². The average Bonchev–Trinajstić information content (AvgIpc) is 3.01. The predicted molar refractivity (Wildman–Crippen MR) is 76.2 cm³/mol. The van der Waals surface area contributed by atoms with E-state index < -0.39 is 11.9 Å². The Morgan fingerprint density at radius 3 is 2.36 bits per heavy atom. The van der Waals surface area contributed by atoms with Gasteiger partial charge in [-0.2, -0.15) is 13.2 Å². The fourth-order valence-electron chi connectivity index (χ4n) is 1.63. The van der Waals surface area contributed by atoms with Crippen molar-refractivity contribution >= 4 is 11.8 Å². The smallest absolute Gasteiger partial charge is 0.435 e. The number of ether oxygens (including phenoxy) is 1. The Hall–Kier alpha value is -2.69. The van der Waals surface area contributed by atoms with E-state index in [0.717, 1.165) is 23.9 Å². The molecule has 25 heavy (non-hydrogen) atoms. The minimum Gasteiger partial charge on any atom is -0.484 e. The van der Waals surface area contributed by atoms with Gasteiger partial charge in [-0.25, -0.2) is 4.39 Å². The van der Waals surface area contributed by atoms with Gasteiger partial charge in [-0.3, -0.25) is 0 Å². The molecule has 6 nitrogen and oxygen atoms in total. The van der Waals surface area contributed by atoms with E-state index in [1.54, 1.807) is 0 Å². The Morgan fingerprint density at radius 1 is 0.960 bits per heavy atom. The fraction of sp³-hybridized carbons (Fsp3) is 0.143. The van der Waals surface area contributed by atoms with Crippen molar-refractivity contribution in [3.05, 3.63) is 53.8 Å². The first-order chi connectivity index (χ1) is 11.9. The Labute approximate surface area is 142 Å². The van der Waals surface area contributed by atoms with Crippen LogP contribution in [-0.2, 0) is 12.8 Å². The molecule has 0 amide bonds. The van der Waals surface area contributed by atoms with Crippen molar-refractivity contribution in [1.82, 2.24) is 20.4 Å². The highest BCUT2D eigenvalue weighted by molar-refractivity contribution is 7.99. The molecule has 3 aromatic rings. The summed E-state index contributed by atoms with van der Waals surface area (Å²) >= 11 is 0.865. The molecule has 0 radical (unpaired) electrons. The van der Waals surface area contributed by atoms with Crippen molar-refractivity contribution in [2.45, 2.75) is 23.0 Å². The van der Waals surface area contributed by atoms with Crippen molar-refractivity contribution in [3.8, 4) is 5.75 Å². The van der Waals surface area contributed by atoms with Crippen LogP contribution in [0.25, 0.3) is 0 Å². The van der Waals surface area contributed by atoms with Crippen LogP contribution >= 0.6 is 11.8 Å². The molecule has 0 saturated heterocycles. The lowest BCUT2D eigenvalue weighted by atomic mass is 10.3. The van der Waals surface area contributed by atoms with Gasteiger partial charge in [0.15, 0.2) is 12.3 Å². The van der Waals surface area contributed by atoms with Gasteiger partial charge in [0.2, 0.25) is 0 Å². The van der Waals surface area contributed by atoms with Gasteiger partial charge in [-0.1, -0.05) is 0 Å². The third-order valence-corrected chi connectivity index (χ3v) is 3.51. The number of hydrogen-bond donors (Lipinski definition) is 0. The highest BCUT2D eigenvalue weighted by atomic mass is 32.2. The molecule has 0 aliphatic rings. The topological polar surface area (TPSA) is 73.9 Å². The molecule has 2 aromatic heterocycles. The lowest BCUT2D eigenvalue weighted by molar-refractivity contribution is -0.141. The predicted octanol–water partition coefficient (Wildman–Crippen LogP) is 3.75. The Bertz CT molecular complexity index is 837. The molecule has 0 bridgehead atoms. The molecule has 0 N–H and O–H groups in total. The summed E-state index contributed by atoms with van der Waals surface area (Å²) in [5, 5.41) is 14.3. The van der Waals surface area contributed by atoms with Crippen molar-refractivity contribution in [1.29, 1.82) is 0 Å². The van der Waals surface area contributed by atoms with Gasteiger partial charge in [0.1, 0.15) is 16.6 Å². The zero-order valence-electron chi connectivity index (χ0n) is 12.2. The van der Waals surface area contributed by atoms with Gasteiger partial charge in [-0.05, 0) is 48.2 Å². The lowest BCUT2D eigenvalue weighted by Gasteiger charge is -2.04. The van der Waals surface area contributed by atoms with Gasteiger partial charge in [0.05, 0.1) is 0 Å². The van der Waals surface area contributed by atoms with Crippen molar-refractivity contribution in [2.75, 3.05) is 0 Å². The number of rotatable bonds is 5. The lowest BCUT2D eigenvalue weighted by Crippen LogP contribution is -2.08. The minimum atomic E-state index is -4.55. The zero-order chi connectivity index (χ0) is 17.9. The molecule has 0 aliphatic carbocycles. The van der Waals surface area contributed by atoms with Crippen LogP contribution in [0.2, 0.25) is 0 Å². The van der Waals surface area contributed by atoms with Crippen LogP contribution in [0.15, 0.2) is 51.1 Å². The fourth-order valence-corrected chi connectivity index (χ4v) is 2.24. The largest absolute Gasteiger partial charge is 0.484 e. The second-order valence-corrected chi connectivity index (χ2v) is 5.53. The molecule has 0 aliphatic heterocycles. The van der Waals surface area contributed by atoms with Crippen LogP contribution < -0.4 is 4.74 Å². The van der Waals surface area contributed by atoms with Crippen LogP contribution in [0, 0.1) is 5.82 Å². The second-order valence-electron chi connectivity index (χ2n) is 4.56. The molecule has 1 aromatic carbocycles. The molecule has 0 saturated carbocycles. The summed E-state index contributed by atoms with van der Waals surface area (Å²) in [5.41, 5.74) is -1.09. The van der Waals surface area contributed by atoms with Gasteiger partial charge < -0.3 is 9.15 Å². The van der Waals surface area contributed by atoms with E-state index in [4.69, 9.17) is 9.15 Å². The second kappa shape index (κ2) is 7.05. The molecule has 2 heterocycles. The zero-order valence-corrected chi connectivity index (χ0v) is 13.0. The van der Waals surface area contributed by atoms with E-state index >= 15 is 0 Å². The first-order valence-electron chi connectivity index (χ1n) is 6.70. The molecule has 0 unspecified atom stereocenters. The molecule has 3 rings (SSSR count). The Balaban J connectivity index is 1.59. The minimum absolute atomic E-state index is 0.0438. The van der Waals surface area contributed by atoms with Crippen LogP contribution in [0.4, 0.5) is 17.6 Å². The standard InChI is InChI=1S/C14H8F4N4O2S/c15-8-1-3-9(4-2-8)23-7-11-20-22-13(24-11)25-12-6-5-10(19-21-12)14(16,17)18/h1-6H,7H2. The quantitative estimate of drug-likeness (QED) is 0.632. The van der Waals surface area contributed by atoms with E-state index in [-0.39, 0.29) is 28.6 Å². The van der Waals surface area contributed by atoms with Crippen LogP contribution in [0.5, 0.6) is 5.75 Å². The first kappa shape index (κ1) is 17.1. The summed E-state index contributed by atoms with van der Waals surface area (Å²) < 4.78 is 60.6. The van der Waals surface area contributed by atoms with Gasteiger partial charge in [0.25, 0.3) is 11.1 Å². The Kier molecular flexibility index (Phi) is 4.83. The third-order valence-electron chi connectivity index (χ3n) is 2.75. The number of halogens is 4. The number of hydrogen-bond acceptors (Lipinski definition) is 7. The SMILES string of the molecule is Fc1ccc(OCc2nnc(Sc3ccc(C(F)(F)F)nn3)o2)cc1. The molecular formula is C14H8F4N4O2S. The number of nitrogens with zero attached hydrogens (tertiary/aromatic N) is 4.